The minimum atomic E-state index is 0.0226. The number of hydrogen-bond donors (Lipinski definition) is 0. The Kier molecular flexibility index (Phi) is 5.21. The maximum atomic E-state index is 12.4. The van der Waals surface area contributed by atoms with Crippen molar-refractivity contribution < 1.29 is 19.0 Å². The fourth-order valence-electron chi connectivity index (χ4n) is 2.08. The van der Waals surface area contributed by atoms with E-state index in [1.807, 2.05) is 20.8 Å². The van der Waals surface area contributed by atoms with Gasteiger partial charge in [0.25, 0.3) is 0 Å². The van der Waals surface area contributed by atoms with E-state index in [0.717, 1.165) is 5.56 Å². The highest BCUT2D eigenvalue weighted by Gasteiger charge is 2.23. The summed E-state index contributed by atoms with van der Waals surface area (Å²) in [6.07, 6.45) is 0.457. The van der Waals surface area contributed by atoms with Gasteiger partial charge in [-0.1, -0.05) is 13.8 Å². The molecule has 0 aliphatic heterocycles. The first-order valence-electron chi connectivity index (χ1n) is 6.29. The van der Waals surface area contributed by atoms with E-state index in [2.05, 4.69) is 0 Å². The second-order valence-electron chi connectivity index (χ2n) is 4.84. The average Bonchev–Trinajstić information content (AvgIpc) is 2.37. The van der Waals surface area contributed by atoms with Crippen LogP contribution in [-0.4, -0.2) is 27.1 Å². The van der Waals surface area contributed by atoms with Crippen molar-refractivity contribution in [3.05, 3.63) is 17.2 Å². The van der Waals surface area contributed by atoms with Crippen molar-refractivity contribution in [1.29, 1.82) is 0 Å². The van der Waals surface area contributed by atoms with E-state index < -0.39 is 0 Å². The van der Waals surface area contributed by atoms with Crippen LogP contribution in [-0.2, 0) is 0 Å². The normalized spacial score (nSPS) is 10.5. The van der Waals surface area contributed by atoms with Crippen LogP contribution in [0.1, 0.15) is 36.2 Å². The topological polar surface area (TPSA) is 44.8 Å². The highest BCUT2D eigenvalue weighted by Crippen LogP contribution is 2.39. The summed E-state index contributed by atoms with van der Waals surface area (Å²) in [5, 5.41) is 0. The van der Waals surface area contributed by atoms with Crippen LogP contribution in [0.2, 0.25) is 0 Å². The van der Waals surface area contributed by atoms with Gasteiger partial charge in [0.1, 0.15) is 22.8 Å². The lowest BCUT2D eigenvalue weighted by atomic mass is 9.97. The number of methoxy groups -OCH3 is 3. The molecular formula is C15H22O4. The van der Waals surface area contributed by atoms with E-state index in [0.29, 0.717) is 29.2 Å². The molecule has 0 heterocycles. The standard InChI is InChI=1S/C15H22O4/c1-9(2)7-11(16)14-13(18-5)8-12(17-4)10(3)15(14)19-6/h8-9H,7H2,1-6H3. The van der Waals surface area contributed by atoms with Crippen molar-refractivity contribution in [2.24, 2.45) is 5.92 Å². The number of rotatable bonds is 6. The summed E-state index contributed by atoms with van der Waals surface area (Å²) in [6, 6.07) is 1.73. The quantitative estimate of drug-likeness (QED) is 0.741. The third-order valence-electron chi connectivity index (χ3n) is 2.96. The van der Waals surface area contributed by atoms with E-state index in [1.54, 1.807) is 20.3 Å². The highest BCUT2D eigenvalue weighted by molar-refractivity contribution is 6.02. The van der Waals surface area contributed by atoms with E-state index in [4.69, 9.17) is 14.2 Å². The Bertz CT molecular complexity index is 464. The highest BCUT2D eigenvalue weighted by atomic mass is 16.5. The summed E-state index contributed by atoms with van der Waals surface area (Å²) in [7, 11) is 4.67. The minimum absolute atomic E-state index is 0.0226. The number of benzene rings is 1. The van der Waals surface area contributed by atoms with Gasteiger partial charge in [0.05, 0.1) is 21.3 Å². The Morgan fingerprint density at radius 2 is 1.68 bits per heavy atom. The first-order valence-corrected chi connectivity index (χ1v) is 6.29. The molecule has 19 heavy (non-hydrogen) atoms. The fourth-order valence-corrected chi connectivity index (χ4v) is 2.08. The molecule has 0 amide bonds. The maximum absolute atomic E-state index is 12.4. The second kappa shape index (κ2) is 6.45. The van der Waals surface area contributed by atoms with Gasteiger partial charge in [0, 0.05) is 18.1 Å². The van der Waals surface area contributed by atoms with Crippen molar-refractivity contribution in [2.45, 2.75) is 27.2 Å². The van der Waals surface area contributed by atoms with Crippen LogP contribution in [0, 0.1) is 12.8 Å². The predicted octanol–water partition coefficient (Wildman–Crippen LogP) is 3.25. The molecule has 0 N–H and O–H groups in total. The molecule has 0 aliphatic carbocycles. The smallest absolute Gasteiger partial charge is 0.170 e. The van der Waals surface area contributed by atoms with Crippen LogP contribution in [0.5, 0.6) is 17.2 Å². The van der Waals surface area contributed by atoms with Gasteiger partial charge in [-0.15, -0.1) is 0 Å². The van der Waals surface area contributed by atoms with Gasteiger partial charge in [-0.3, -0.25) is 4.79 Å². The molecule has 1 aromatic carbocycles. The molecule has 0 aliphatic rings. The zero-order chi connectivity index (χ0) is 14.6. The molecular weight excluding hydrogens is 244 g/mol. The Morgan fingerprint density at radius 1 is 1.11 bits per heavy atom. The third-order valence-corrected chi connectivity index (χ3v) is 2.96. The molecule has 0 saturated carbocycles. The Balaban J connectivity index is 3.43. The monoisotopic (exact) mass is 266 g/mol. The third kappa shape index (κ3) is 3.19. The Morgan fingerprint density at radius 3 is 2.11 bits per heavy atom. The predicted molar refractivity (Wildman–Crippen MR) is 74.6 cm³/mol. The van der Waals surface area contributed by atoms with Crippen LogP contribution in [0.4, 0.5) is 0 Å². The van der Waals surface area contributed by atoms with E-state index >= 15 is 0 Å². The Hall–Kier alpha value is -1.71. The summed E-state index contributed by atoms with van der Waals surface area (Å²) < 4.78 is 16.0. The zero-order valence-corrected chi connectivity index (χ0v) is 12.5. The second-order valence-corrected chi connectivity index (χ2v) is 4.84. The van der Waals surface area contributed by atoms with Gasteiger partial charge in [-0.2, -0.15) is 0 Å². The number of carbonyl (C=O) groups excluding carboxylic acids is 1. The van der Waals surface area contributed by atoms with Crippen molar-refractivity contribution in [2.75, 3.05) is 21.3 Å². The fraction of sp³-hybridized carbons (Fsp3) is 0.533. The maximum Gasteiger partial charge on any atom is 0.170 e. The van der Waals surface area contributed by atoms with Gasteiger partial charge in [0.15, 0.2) is 5.78 Å². The number of ether oxygens (including phenoxy) is 3. The van der Waals surface area contributed by atoms with Gasteiger partial charge < -0.3 is 14.2 Å². The van der Waals surface area contributed by atoms with Crippen LogP contribution in [0.3, 0.4) is 0 Å². The Labute approximate surface area is 114 Å². The molecule has 4 heteroatoms. The summed E-state index contributed by atoms with van der Waals surface area (Å²) in [5.74, 6) is 1.97. The van der Waals surface area contributed by atoms with Crippen LogP contribution in [0.15, 0.2) is 6.07 Å². The van der Waals surface area contributed by atoms with Crippen molar-refractivity contribution in [3.8, 4) is 17.2 Å². The lowest BCUT2D eigenvalue weighted by Crippen LogP contribution is -2.09. The molecule has 0 unspecified atom stereocenters. The number of ketones is 1. The largest absolute Gasteiger partial charge is 0.496 e. The van der Waals surface area contributed by atoms with Crippen molar-refractivity contribution in [1.82, 2.24) is 0 Å². The lowest BCUT2D eigenvalue weighted by molar-refractivity contribution is 0.0961. The molecule has 1 rings (SSSR count). The minimum Gasteiger partial charge on any atom is -0.496 e. The van der Waals surface area contributed by atoms with E-state index in [1.165, 1.54) is 7.11 Å². The van der Waals surface area contributed by atoms with Crippen molar-refractivity contribution >= 4 is 5.78 Å². The zero-order valence-electron chi connectivity index (χ0n) is 12.5. The van der Waals surface area contributed by atoms with Crippen LogP contribution in [0.25, 0.3) is 0 Å². The summed E-state index contributed by atoms with van der Waals surface area (Å²) in [5.41, 5.74) is 1.30. The number of Topliss-reactive ketones (excluding diaryl/α,β-unsaturated/α-hetero) is 1. The lowest BCUT2D eigenvalue weighted by Gasteiger charge is -2.18. The summed E-state index contributed by atoms with van der Waals surface area (Å²) >= 11 is 0. The van der Waals surface area contributed by atoms with Crippen LogP contribution < -0.4 is 14.2 Å². The molecule has 0 aromatic heterocycles. The molecule has 0 atom stereocenters. The molecule has 0 fully saturated rings. The first-order chi connectivity index (χ1) is 8.96. The van der Waals surface area contributed by atoms with Gasteiger partial charge in [0.2, 0.25) is 0 Å². The van der Waals surface area contributed by atoms with E-state index in [-0.39, 0.29) is 11.7 Å². The molecule has 0 spiro atoms. The SMILES string of the molecule is COc1cc(OC)c(C(=O)CC(C)C)c(OC)c1C. The number of carbonyl (C=O) groups is 1. The molecule has 4 nitrogen and oxygen atoms in total. The molecule has 106 valence electrons. The molecule has 1 aromatic rings. The van der Waals surface area contributed by atoms with Gasteiger partial charge in [-0.25, -0.2) is 0 Å². The summed E-state index contributed by atoms with van der Waals surface area (Å²) in [4.78, 5) is 12.4. The summed E-state index contributed by atoms with van der Waals surface area (Å²) in [6.45, 7) is 5.88. The van der Waals surface area contributed by atoms with Crippen molar-refractivity contribution in [3.63, 3.8) is 0 Å². The molecule has 0 saturated heterocycles. The molecule has 0 bridgehead atoms. The van der Waals surface area contributed by atoms with Gasteiger partial charge in [-0.05, 0) is 12.8 Å². The number of hydrogen-bond acceptors (Lipinski definition) is 4. The van der Waals surface area contributed by atoms with Gasteiger partial charge >= 0.3 is 0 Å². The van der Waals surface area contributed by atoms with Crippen LogP contribution >= 0.6 is 0 Å². The van der Waals surface area contributed by atoms with E-state index in [9.17, 15) is 4.79 Å². The first kappa shape index (κ1) is 15.3. The molecule has 0 radical (unpaired) electrons. The average molecular weight is 266 g/mol.